The second kappa shape index (κ2) is 4.91. The molecule has 4 heteroatoms. The molecule has 1 rings (SSSR count). The number of hydrogen-bond donors (Lipinski definition) is 0. The van der Waals surface area contributed by atoms with E-state index in [4.69, 9.17) is 0 Å². The molecule has 0 saturated carbocycles. The lowest BCUT2D eigenvalue weighted by atomic mass is 10.2. The van der Waals surface area contributed by atoms with E-state index in [0.717, 1.165) is 5.56 Å². The number of ether oxygens (including phenoxy) is 1. The fraction of sp³-hybridized carbons (Fsp3) is 0.100. The van der Waals surface area contributed by atoms with E-state index in [9.17, 15) is 9.18 Å². The summed E-state index contributed by atoms with van der Waals surface area (Å²) < 4.78 is 17.6. The van der Waals surface area contributed by atoms with Gasteiger partial charge < -0.3 is 4.74 Å². The van der Waals surface area contributed by atoms with Crippen molar-refractivity contribution in [2.45, 2.75) is 0 Å². The number of carbonyl (C=O) groups is 1. The van der Waals surface area contributed by atoms with Crippen molar-refractivity contribution in [2.24, 2.45) is 0 Å². The highest BCUT2D eigenvalue weighted by Crippen LogP contribution is 2.21. The maximum Gasteiger partial charge on any atom is 0.331 e. The summed E-state index contributed by atoms with van der Waals surface area (Å²) in [5.41, 5.74) is 0.719. The molecule has 1 aromatic rings. The van der Waals surface area contributed by atoms with Gasteiger partial charge in [-0.15, -0.1) is 0 Å². The second-order valence-electron chi connectivity index (χ2n) is 2.52. The molecule has 2 nitrogen and oxygen atoms in total. The van der Waals surface area contributed by atoms with Crippen LogP contribution in [-0.4, -0.2) is 13.1 Å². The lowest BCUT2D eigenvalue weighted by Gasteiger charge is -1.98. The van der Waals surface area contributed by atoms with E-state index in [0.29, 0.717) is 4.48 Å². The number of hydrogen-bond acceptors (Lipinski definition) is 2. The van der Waals surface area contributed by atoms with Crippen molar-refractivity contribution >= 4 is 26.4 Å². The van der Waals surface area contributed by atoms with Gasteiger partial charge in [-0.25, -0.2) is 9.18 Å². The van der Waals surface area contributed by atoms with Crippen LogP contribution in [0.15, 0.2) is 30.3 Å². The number of rotatable bonds is 2. The molecule has 0 saturated heterocycles. The minimum Gasteiger partial charge on any atom is -0.466 e. The molecule has 0 aliphatic carbocycles. The molecular formula is C10H8BrFO2. The molecular weight excluding hydrogens is 251 g/mol. The third-order valence-electron chi connectivity index (χ3n) is 1.57. The zero-order valence-electron chi connectivity index (χ0n) is 7.46. The predicted octanol–water partition coefficient (Wildman–Crippen LogP) is 2.73. The Hall–Kier alpha value is -1.16. The van der Waals surface area contributed by atoms with E-state index in [1.165, 1.54) is 25.3 Å². The molecule has 0 heterocycles. The zero-order valence-corrected chi connectivity index (χ0v) is 9.05. The highest BCUT2D eigenvalue weighted by molar-refractivity contribution is 9.15. The van der Waals surface area contributed by atoms with Crippen LogP contribution in [0.1, 0.15) is 5.56 Å². The lowest BCUT2D eigenvalue weighted by Crippen LogP contribution is -1.94. The Morgan fingerprint density at radius 2 is 2.00 bits per heavy atom. The van der Waals surface area contributed by atoms with Gasteiger partial charge in [-0.2, -0.15) is 0 Å². The highest BCUT2D eigenvalue weighted by atomic mass is 79.9. The van der Waals surface area contributed by atoms with E-state index < -0.39 is 5.97 Å². The van der Waals surface area contributed by atoms with Gasteiger partial charge >= 0.3 is 5.97 Å². The summed E-state index contributed by atoms with van der Waals surface area (Å²) in [6.45, 7) is 0. The van der Waals surface area contributed by atoms with Crippen LogP contribution in [0.5, 0.6) is 0 Å². The van der Waals surface area contributed by atoms with Crippen LogP contribution in [0, 0.1) is 5.82 Å². The Kier molecular flexibility index (Phi) is 3.83. The lowest BCUT2D eigenvalue weighted by molar-refractivity contribution is -0.134. The Morgan fingerprint density at radius 1 is 1.43 bits per heavy atom. The molecule has 0 radical (unpaired) electrons. The molecule has 0 bridgehead atoms. The van der Waals surface area contributed by atoms with Crippen molar-refractivity contribution in [2.75, 3.05) is 7.11 Å². The molecule has 0 unspecified atom stereocenters. The first-order valence-electron chi connectivity index (χ1n) is 3.84. The normalized spacial score (nSPS) is 11.2. The number of carbonyl (C=O) groups excluding carboxylic acids is 1. The molecule has 14 heavy (non-hydrogen) atoms. The van der Waals surface area contributed by atoms with Gasteiger partial charge in [0.25, 0.3) is 0 Å². The fourth-order valence-electron chi connectivity index (χ4n) is 0.855. The van der Waals surface area contributed by atoms with Gasteiger partial charge in [0.2, 0.25) is 0 Å². The van der Waals surface area contributed by atoms with Gasteiger partial charge in [0.05, 0.1) is 7.11 Å². The summed E-state index contributed by atoms with van der Waals surface area (Å²) in [4.78, 5) is 10.9. The Labute approximate surface area is 89.5 Å². The Morgan fingerprint density at radius 3 is 2.50 bits per heavy atom. The van der Waals surface area contributed by atoms with Crippen LogP contribution >= 0.6 is 15.9 Å². The zero-order chi connectivity index (χ0) is 10.6. The molecule has 0 N–H and O–H groups in total. The molecule has 0 atom stereocenters. The van der Waals surface area contributed by atoms with Crippen LogP contribution in [0.2, 0.25) is 0 Å². The van der Waals surface area contributed by atoms with E-state index in [1.54, 1.807) is 12.1 Å². The Bertz CT molecular complexity index is 357. The van der Waals surface area contributed by atoms with Crippen molar-refractivity contribution in [1.29, 1.82) is 0 Å². The molecule has 1 aromatic carbocycles. The first-order chi connectivity index (χ1) is 6.63. The summed E-state index contributed by atoms with van der Waals surface area (Å²) in [5.74, 6) is -0.770. The maximum absolute atomic E-state index is 12.6. The Balaban J connectivity index is 2.89. The monoisotopic (exact) mass is 258 g/mol. The summed E-state index contributed by atoms with van der Waals surface area (Å²) in [7, 11) is 1.30. The smallest absolute Gasteiger partial charge is 0.331 e. The predicted molar refractivity (Wildman–Crippen MR) is 55.3 cm³/mol. The van der Waals surface area contributed by atoms with Crippen molar-refractivity contribution in [3.8, 4) is 0 Å². The van der Waals surface area contributed by atoms with Crippen molar-refractivity contribution in [3.05, 3.63) is 41.7 Å². The van der Waals surface area contributed by atoms with Gasteiger partial charge in [0.15, 0.2) is 0 Å². The third kappa shape index (κ3) is 2.96. The van der Waals surface area contributed by atoms with Gasteiger partial charge in [-0.1, -0.05) is 12.1 Å². The largest absolute Gasteiger partial charge is 0.466 e. The highest BCUT2D eigenvalue weighted by Gasteiger charge is 2.01. The van der Waals surface area contributed by atoms with Crippen LogP contribution in [0.3, 0.4) is 0 Å². The average molecular weight is 259 g/mol. The summed E-state index contributed by atoms with van der Waals surface area (Å²) in [5, 5.41) is 0. The molecule has 0 aliphatic rings. The van der Waals surface area contributed by atoms with Gasteiger partial charge in [0, 0.05) is 10.6 Å². The van der Waals surface area contributed by atoms with Crippen molar-refractivity contribution in [1.82, 2.24) is 0 Å². The molecule has 74 valence electrons. The molecule has 0 amide bonds. The van der Waals surface area contributed by atoms with Crippen LogP contribution < -0.4 is 0 Å². The fourth-order valence-corrected chi connectivity index (χ4v) is 1.31. The SMILES string of the molecule is COC(=O)/C=C(\Br)c1ccc(F)cc1. The molecule has 0 aromatic heterocycles. The van der Waals surface area contributed by atoms with Gasteiger partial charge in [0.1, 0.15) is 5.82 Å². The molecule has 0 aliphatic heterocycles. The number of benzene rings is 1. The van der Waals surface area contributed by atoms with E-state index in [2.05, 4.69) is 20.7 Å². The topological polar surface area (TPSA) is 26.3 Å². The van der Waals surface area contributed by atoms with Crippen LogP contribution in [-0.2, 0) is 9.53 Å². The minimum atomic E-state index is -0.457. The number of halogens is 2. The summed E-state index contributed by atoms with van der Waals surface area (Å²) in [6.07, 6.45) is 1.28. The molecule has 0 spiro atoms. The quantitative estimate of drug-likeness (QED) is 0.603. The summed E-state index contributed by atoms with van der Waals surface area (Å²) >= 11 is 3.19. The molecule has 0 fully saturated rings. The van der Waals surface area contributed by atoms with Crippen molar-refractivity contribution < 1.29 is 13.9 Å². The number of methoxy groups -OCH3 is 1. The summed E-state index contributed by atoms with van der Waals surface area (Å²) in [6, 6.07) is 5.78. The van der Waals surface area contributed by atoms with Gasteiger partial charge in [-0.3, -0.25) is 0 Å². The first-order valence-corrected chi connectivity index (χ1v) is 4.64. The maximum atomic E-state index is 12.6. The van der Waals surface area contributed by atoms with Crippen molar-refractivity contribution in [3.63, 3.8) is 0 Å². The van der Waals surface area contributed by atoms with E-state index in [-0.39, 0.29) is 5.82 Å². The second-order valence-corrected chi connectivity index (χ2v) is 3.38. The van der Waals surface area contributed by atoms with E-state index in [1.807, 2.05) is 0 Å². The van der Waals surface area contributed by atoms with Crippen LogP contribution in [0.4, 0.5) is 4.39 Å². The number of esters is 1. The average Bonchev–Trinajstić information content (AvgIpc) is 2.18. The van der Waals surface area contributed by atoms with Crippen LogP contribution in [0.25, 0.3) is 4.48 Å². The minimum absolute atomic E-state index is 0.313. The van der Waals surface area contributed by atoms with Gasteiger partial charge in [-0.05, 0) is 33.6 Å². The van der Waals surface area contributed by atoms with E-state index >= 15 is 0 Å². The standard InChI is InChI=1S/C10H8BrFO2/c1-14-10(13)6-9(11)7-2-4-8(12)5-3-7/h2-6H,1H3/b9-6-. The third-order valence-corrected chi connectivity index (χ3v) is 2.25. The first kappa shape index (κ1) is 10.9.